The summed E-state index contributed by atoms with van der Waals surface area (Å²) < 4.78 is 8.18. The predicted octanol–water partition coefficient (Wildman–Crippen LogP) is 3.84. The minimum absolute atomic E-state index is 0.116. The molecule has 0 aliphatic carbocycles. The first kappa shape index (κ1) is 20.0. The van der Waals surface area contributed by atoms with Gasteiger partial charge in [0.25, 0.3) is 0 Å². The zero-order valence-corrected chi connectivity index (χ0v) is 18.2. The van der Waals surface area contributed by atoms with Gasteiger partial charge in [0.05, 0.1) is 40.9 Å². The quantitative estimate of drug-likeness (QED) is 0.572. The Labute approximate surface area is 179 Å². The Balaban J connectivity index is 1.99. The molecule has 1 aliphatic heterocycles. The summed E-state index contributed by atoms with van der Waals surface area (Å²) in [6.07, 6.45) is 3.70. The summed E-state index contributed by atoms with van der Waals surface area (Å²) in [5.74, 6) is -0.217. The van der Waals surface area contributed by atoms with Gasteiger partial charge in [0, 0.05) is 11.1 Å². The molecule has 152 valence electrons. The van der Waals surface area contributed by atoms with Crippen molar-refractivity contribution >= 4 is 32.8 Å². The van der Waals surface area contributed by atoms with Crippen LogP contribution in [0.4, 0.5) is 0 Å². The molecular formula is C23H26BrN2O3+. The third-order valence-corrected chi connectivity index (χ3v) is 6.24. The third-order valence-electron chi connectivity index (χ3n) is 5.61. The summed E-state index contributed by atoms with van der Waals surface area (Å²) >= 11 is 3.44. The molecule has 0 radical (unpaired) electrons. The SMILES string of the molecule is CCOC(=O)c1c(C[NH+]2CCCCC2)n(-c2ccccc2)c2cc(Br)c(O)cc12. The van der Waals surface area contributed by atoms with Gasteiger partial charge in [-0.15, -0.1) is 0 Å². The molecule has 0 unspecified atom stereocenters. The minimum atomic E-state index is -0.333. The van der Waals surface area contributed by atoms with Crippen molar-refractivity contribution in [1.29, 1.82) is 0 Å². The van der Waals surface area contributed by atoms with Crippen molar-refractivity contribution in [3.8, 4) is 11.4 Å². The highest BCUT2D eigenvalue weighted by Gasteiger charge is 2.28. The van der Waals surface area contributed by atoms with E-state index in [1.54, 1.807) is 6.07 Å². The molecule has 1 aromatic heterocycles. The van der Waals surface area contributed by atoms with Crippen LogP contribution in [0.3, 0.4) is 0 Å². The van der Waals surface area contributed by atoms with Gasteiger partial charge in [0.2, 0.25) is 0 Å². The summed E-state index contributed by atoms with van der Waals surface area (Å²) in [5.41, 5.74) is 3.39. The fourth-order valence-corrected chi connectivity index (χ4v) is 4.62. The number of carbonyl (C=O) groups excluding carboxylic acids is 1. The lowest BCUT2D eigenvalue weighted by Crippen LogP contribution is -3.11. The van der Waals surface area contributed by atoms with Crippen molar-refractivity contribution in [2.24, 2.45) is 0 Å². The van der Waals surface area contributed by atoms with Gasteiger partial charge < -0.3 is 19.3 Å². The van der Waals surface area contributed by atoms with Gasteiger partial charge in [-0.1, -0.05) is 18.2 Å². The lowest BCUT2D eigenvalue weighted by molar-refractivity contribution is -0.918. The maximum atomic E-state index is 13.0. The Bertz CT molecular complexity index is 1020. The molecule has 29 heavy (non-hydrogen) atoms. The van der Waals surface area contributed by atoms with Crippen LogP contribution >= 0.6 is 15.9 Å². The summed E-state index contributed by atoms with van der Waals surface area (Å²) in [4.78, 5) is 14.5. The molecular weight excluding hydrogens is 432 g/mol. The Morgan fingerprint density at radius 2 is 1.90 bits per heavy atom. The highest BCUT2D eigenvalue weighted by atomic mass is 79.9. The summed E-state index contributed by atoms with van der Waals surface area (Å²) in [7, 11) is 0. The van der Waals surface area contributed by atoms with E-state index in [4.69, 9.17) is 4.74 Å². The molecule has 0 atom stereocenters. The predicted molar refractivity (Wildman–Crippen MR) is 117 cm³/mol. The van der Waals surface area contributed by atoms with Crippen molar-refractivity contribution in [2.45, 2.75) is 32.7 Å². The third kappa shape index (κ3) is 3.91. The highest BCUT2D eigenvalue weighted by Crippen LogP contribution is 2.36. The van der Waals surface area contributed by atoms with E-state index in [1.807, 2.05) is 43.3 Å². The standard InChI is InChI=1S/C23H25BrN2O3/c1-2-29-23(28)22-17-13-21(27)18(24)14-19(17)26(16-9-5-3-6-10-16)20(22)15-25-11-7-4-8-12-25/h3,5-6,9-10,13-14,27H,2,4,7-8,11-12,15H2,1H3/p+1. The van der Waals surface area contributed by atoms with E-state index < -0.39 is 0 Å². The van der Waals surface area contributed by atoms with E-state index in [-0.39, 0.29) is 11.7 Å². The van der Waals surface area contributed by atoms with E-state index in [0.29, 0.717) is 16.6 Å². The molecule has 1 fully saturated rings. The van der Waals surface area contributed by atoms with Gasteiger partial charge >= 0.3 is 5.97 Å². The average Bonchev–Trinajstić information content (AvgIpc) is 3.02. The van der Waals surface area contributed by atoms with E-state index >= 15 is 0 Å². The number of quaternary nitrogens is 1. The zero-order valence-electron chi connectivity index (χ0n) is 16.6. The Hall–Kier alpha value is -2.31. The fourth-order valence-electron chi connectivity index (χ4n) is 4.29. The number of nitrogens with one attached hydrogen (secondary N) is 1. The van der Waals surface area contributed by atoms with Crippen molar-refractivity contribution < 1.29 is 19.5 Å². The van der Waals surface area contributed by atoms with Gasteiger partial charge in [-0.25, -0.2) is 4.79 Å². The van der Waals surface area contributed by atoms with Crippen LogP contribution in [-0.2, 0) is 11.3 Å². The molecule has 0 bridgehead atoms. The number of para-hydroxylation sites is 1. The molecule has 1 aliphatic rings. The number of aromatic nitrogens is 1. The largest absolute Gasteiger partial charge is 0.507 e. The summed E-state index contributed by atoms with van der Waals surface area (Å²) in [6, 6.07) is 13.6. The van der Waals surface area contributed by atoms with Gasteiger partial charge in [0.15, 0.2) is 0 Å². The van der Waals surface area contributed by atoms with Gasteiger partial charge in [-0.3, -0.25) is 0 Å². The van der Waals surface area contributed by atoms with E-state index in [2.05, 4.69) is 20.5 Å². The molecule has 5 nitrogen and oxygen atoms in total. The second-order valence-corrected chi connectivity index (χ2v) is 8.38. The summed E-state index contributed by atoms with van der Waals surface area (Å²) in [5, 5.41) is 11.1. The van der Waals surface area contributed by atoms with Crippen molar-refractivity contribution in [1.82, 2.24) is 4.57 Å². The Morgan fingerprint density at radius 1 is 1.17 bits per heavy atom. The molecule has 0 spiro atoms. The monoisotopic (exact) mass is 457 g/mol. The van der Waals surface area contributed by atoms with Crippen LogP contribution in [0.25, 0.3) is 16.6 Å². The summed E-state index contributed by atoms with van der Waals surface area (Å²) in [6.45, 7) is 5.09. The number of rotatable bonds is 5. The van der Waals surface area contributed by atoms with Crippen molar-refractivity contribution in [3.63, 3.8) is 0 Å². The first-order chi connectivity index (χ1) is 14.1. The number of hydrogen-bond acceptors (Lipinski definition) is 3. The van der Waals surface area contributed by atoms with Crippen LogP contribution in [0, 0.1) is 0 Å². The topological polar surface area (TPSA) is 55.9 Å². The number of piperidine rings is 1. The lowest BCUT2D eigenvalue weighted by Gasteiger charge is -2.24. The van der Waals surface area contributed by atoms with Crippen LogP contribution < -0.4 is 4.90 Å². The number of likely N-dealkylation sites (tertiary alicyclic amines) is 1. The number of fused-ring (bicyclic) bond motifs is 1. The first-order valence-corrected chi connectivity index (χ1v) is 11.0. The van der Waals surface area contributed by atoms with Crippen LogP contribution in [-0.4, -0.2) is 35.3 Å². The van der Waals surface area contributed by atoms with Gasteiger partial charge in [-0.2, -0.15) is 0 Å². The molecule has 0 saturated carbocycles. The Morgan fingerprint density at radius 3 is 2.59 bits per heavy atom. The van der Waals surface area contributed by atoms with Crippen molar-refractivity contribution in [2.75, 3.05) is 19.7 Å². The fraction of sp³-hybridized carbons (Fsp3) is 0.348. The number of aromatic hydroxyl groups is 1. The van der Waals surface area contributed by atoms with E-state index in [1.165, 1.54) is 24.2 Å². The number of ether oxygens (including phenoxy) is 1. The maximum absolute atomic E-state index is 13.0. The number of esters is 1. The smallest absolute Gasteiger partial charge is 0.340 e. The number of hydrogen-bond donors (Lipinski definition) is 2. The molecule has 6 heteroatoms. The number of halogens is 1. The second-order valence-electron chi connectivity index (χ2n) is 7.52. The van der Waals surface area contributed by atoms with Crippen LogP contribution in [0.1, 0.15) is 42.2 Å². The number of benzene rings is 2. The van der Waals surface area contributed by atoms with Gasteiger partial charge in [-0.05, 0) is 66.4 Å². The number of carbonyl (C=O) groups is 1. The van der Waals surface area contributed by atoms with Crippen LogP contribution in [0.2, 0.25) is 0 Å². The minimum Gasteiger partial charge on any atom is -0.507 e. The molecule has 2 aromatic carbocycles. The van der Waals surface area contributed by atoms with Crippen molar-refractivity contribution in [3.05, 3.63) is 58.2 Å². The molecule has 1 saturated heterocycles. The average molecular weight is 458 g/mol. The molecule has 2 heterocycles. The molecule has 0 amide bonds. The lowest BCUT2D eigenvalue weighted by atomic mass is 10.1. The first-order valence-electron chi connectivity index (χ1n) is 10.2. The highest BCUT2D eigenvalue weighted by molar-refractivity contribution is 9.10. The second kappa shape index (κ2) is 8.59. The molecule has 3 aromatic rings. The molecule has 4 rings (SSSR count). The molecule has 2 N–H and O–H groups in total. The zero-order chi connectivity index (χ0) is 20.4. The Kier molecular flexibility index (Phi) is 5.92. The number of phenols is 1. The van der Waals surface area contributed by atoms with Gasteiger partial charge in [0.1, 0.15) is 12.3 Å². The number of nitrogens with zero attached hydrogens (tertiary/aromatic N) is 1. The van der Waals surface area contributed by atoms with E-state index in [9.17, 15) is 9.90 Å². The van der Waals surface area contributed by atoms with Crippen LogP contribution in [0.5, 0.6) is 5.75 Å². The maximum Gasteiger partial charge on any atom is 0.340 e. The van der Waals surface area contributed by atoms with Crippen LogP contribution in [0.15, 0.2) is 46.9 Å². The normalized spacial score (nSPS) is 15.0. The van der Waals surface area contributed by atoms with E-state index in [0.717, 1.165) is 41.9 Å². The number of phenolic OH excluding ortho intramolecular Hbond substituents is 1.